The van der Waals surface area contributed by atoms with Gasteiger partial charge in [-0.25, -0.2) is 14.5 Å². The maximum absolute atomic E-state index is 13.1. The van der Waals surface area contributed by atoms with E-state index < -0.39 is 23.8 Å². The summed E-state index contributed by atoms with van der Waals surface area (Å²) in [4.78, 5) is 50.4. The third kappa shape index (κ3) is 5.15. The molecule has 3 rings (SSSR count). The Kier molecular flexibility index (Phi) is 7.34. The molecule has 172 valence electrons. The molecule has 2 aromatic carbocycles. The number of nitrogens with one attached hydrogen (secondary N) is 1. The number of halogens is 1. The maximum Gasteiger partial charge on any atom is 0.344 e. The Morgan fingerprint density at radius 2 is 1.91 bits per heavy atom. The van der Waals surface area contributed by atoms with Crippen molar-refractivity contribution in [1.29, 1.82) is 0 Å². The average Bonchev–Trinajstić information content (AvgIpc) is 2.77. The lowest BCUT2D eigenvalue weighted by Crippen LogP contribution is -2.54. The van der Waals surface area contributed by atoms with Gasteiger partial charge < -0.3 is 14.2 Å². The number of carbonyl (C=O) groups is 4. The summed E-state index contributed by atoms with van der Waals surface area (Å²) in [6.45, 7) is 3.25. The van der Waals surface area contributed by atoms with Crippen molar-refractivity contribution in [3.63, 3.8) is 0 Å². The molecule has 9 nitrogen and oxygen atoms in total. The lowest BCUT2D eigenvalue weighted by molar-refractivity contribution is -0.145. The molecule has 1 aliphatic rings. The van der Waals surface area contributed by atoms with E-state index in [-0.39, 0.29) is 35.3 Å². The van der Waals surface area contributed by atoms with Gasteiger partial charge in [-0.1, -0.05) is 29.8 Å². The molecule has 0 spiro atoms. The van der Waals surface area contributed by atoms with Crippen molar-refractivity contribution < 1.29 is 33.4 Å². The summed E-state index contributed by atoms with van der Waals surface area (Å²) in [6.07, 6.45) is 1.29. The summed E-state index contributed by atoms with van der Waals surface area (Å²) < 4.78 is 15.5. The largest absolute Gasteiger partial charge is 0.493 e. The number of hydrogen-bond donors (Lipinski definition) is 1. The number of anilines is 1. The van der Waals surface area contributed by atoms with Crippen LogP contribution >= 0.6 is 11.6 Å². The number of rotatable bonds is 7. The number of nitrogens with zero attached hydrogens (tertiary/aromatic N) is 1. The van der Waals surface area contributed by atoms with Crippen LogP contribution in [0.1, 0.15) is 18.1 Å². The standard InChI is InChI=1S/C23H21ClN2O7/c1-4-32-19(27)12-33-20-16(24)10-14(11-18(20)31-3)9-15-21(28)25-23(30)26(22(15)29)17-8-6-5-7-13(17)2/h5-11H,4,12H2,1-3H3,(H,25,28,30)/b15-9+. The second kappa shape index (κ2) is 10.2. The van der Waals surface area contributed by atoms with Gasteiger partial charge in [-0.05, 0) is 49.2 Å². The molecule has 0 bridgehead atoms. The second-order valence-corrected chi connectivity index (χ2v) is 7.28. The minimum atomic E-state index is -0.840. The van der Waals surface area contributed by atoms with E-state index in [2.05, 4.69) is 5.32 Å². The van der Waals surface area contributed by atoms with Crippen molar-refractivity contribution in [3.05, 3.63) is 58.1 Å². The normalized spacial score (nSPS) is 14.8. The number of methoxy groups -OCH3 is 1. The summed E-state index contributed by atoms with van der Waals surface area (Å²) in [5.41, 5.74) is 1.12. The molecule has 1 heterocycles. The van der Waals surface area contributed by atoms with Crippen LogP contribution in [-0.2, 0) is 19.1 Å². The molecular formula is C23H21ClN2O7. The van der Waals surface area contributed by atoms with Gasteiger partial charge in [0, 0.05) is 0 Å². The molecule has 0 aromatic heterocycles. The van der Waals surface area contributed by atoms with Crippen LogP contribution in [0.25, 0.3) is 6.08 Å². The first-order valence-corrected chi connectivity index (χ1v) is 10.3. The van der Waals surface area contributed by atoms with Crippen molar-refractivity contribution in [1.82, 2.24) is 5.32 Å². The van der Waals surface area contributed by atoms with Gasteiger partial charge in [-0.15, -0.1) is 0 Å². The Balaban J connectivity index is 1.95. The minimum Gasteiger partial charge on any atom is -0.493 e. The monoisotopic (exact) mass is 472 g/mol. The molecule has 1 N–H and O–H groups in total. The number of barbiturate groups is 1. The summed E-state index contributed by atoms with van der Waals surface area (Å²) in [5.74, 6) is -1.92. The first-order chi connectivity index (χ1) is 15.8. The zero-order valence-electron chi connectivity index (χ0n) is 18.1. The average molecular weight is 473 g/mol. The van der Waals surface area contributed by atoms with Gasteiger partial charge in [0.05, 0.1) is 24.4 Å². The summed E-state index contributed by atoms with van der Waals surface area (Å²) in [6, 6.07) is 8.89. The predicted molar refractivity (Wildman–Crippen MR) is 120 cm³/mol. The number of aryl methyl sites for hydroxylation is 1. The number of carbonyl (C=O) groups excluding carboxylic acids is 4. The summed E-state index contributed by atoms with van der Waals surface area (Å²) >= 11 is 6.30. The lowest BCUT2D eigenvalue weighted by atomic mass is 10.1. The fourth-order valence-electron chi connectivity index (χ4n) is 3.15. The van der Waals surface area contributed by atoms with Gasteiger partial charge in [-0.3, -0.25) is 14.9 Å². The van der Waals surface area contributed by atoms with Gasteiger partial charge in [0.2, 0.25) is 0 Å². The molecule has 4 amide bonds. The number of para-hydroxylation sites is 1. The number of imide groups is 2. The third-order valence-electron chi connectivity index (χ3n) is 4.66. The number of hydrogen-bond acceptors (Lipinski definition) is 7. The molecule has 33 heavy (non-hydrogen) atoms. The van der Waals surface area contributed by atoms with Gasteiger partial charge in [0.1, 0.15) is 5.57 Å². The molecule has 0 unspecified atom stereocenters. The van der Waals surface area contributed by atoms with E-state index >= 15 is 0 Å². The molecule has 2 aromatic rings. The lowest BCUT2D eigenvalue weighted by Gasteiger charge is -2.27. The van der Waals surface area contributed by atoms with Crippen molar-refractivity contribution in [2.24, 2.45) is 0 Å². The van der Waals surface area contributed by atoms with Crippen molar-refractivity contribution in [2.75, 3.05) is 25.2 Å². The Labute approximate surface area is 194 Å². The molecule has 0 aliphatic carbocycles. The topological polar surface area (TPSA) is 111 Å². The number of ether oxygens (including phenoxy) is 3. The third-order valence-corrected chi connectivity index (χ3v) is 4.94. The summed E-state index contributed by atoms with van der Waals surface area (Å²) in [5, 5.41) is 2.26. The maximum atomic E-state index is 13.1. The first kappa shape index (κ1) is 23.8. The predicted octanol–water partition coefficient (Wildman–Crippen LogP) is 3.27. The molecule has 1 fully saturated rings. The van der Waals surface area contributed by atoms with E-state index in [9.17, 15) is 19.2 Å². The number of urea groups is 1. The smallest absolute Gasteiger partial charge is 0.344 e. The Morgan fingerprint density at radius 3 is 2.58 bits per heavy atom. The van der Waals surface area contributed by atoms with Crippen LogP contribution in [0.15, 0.2) is 42.0 Å². The van der Waals surface area contributed by atoms with Crippen LogP contribution in [0.4, 0.5) is 10.5 Å². The van der Waals surface area contributed by atoms with Gasteiger partial charge >= 0.3 is 12.0 Å². The number of amides is 4. The van der Waals surface area contributed by atoms with Gasteiger partial charge in [-0.2, -0.15) is 0 Å². The van der Waals surface area contributed by atoms with Crippen molar-refractivity contribution in [3.8, 4) is 11.5 Å². The van der Waals surface area contributed by atoms with E-state index in [4.69, 9.17) is 25.8 Å². The zero-order valence-corrected chi connectivity index (χ0v) is 18.9. The highest BCUT2D eigenvalue weighted by Gasteiger charge is 2.37. The van der Waals surface area contributed by atoms with E-state index in [1.807, 2.05) is 0 Å². The Morgan fingerprint density at radius 1 is 1.18 bits per heavy atom. The van der Waals surface area contributed by atoms with Crippen molar-refractivity contribution >= 4 is 47.2 Å². The number of benzene rings is 2. The molecule has 10 heteroatoms. The molecule has 1 aliphatic heterocycles. The van der Waals surface area contributed by atoms with Crippen LogP contribution in [0.3, 0.4) is 0 Å². The van der Waals surface area contributed by atoms with Crippen LogP contribution < -0.4 is 19.7 Å². The fraction of sp³-hybridized carbons (Fsp3) is 0.217. The molecule has 1 saturated heterocycles. The van der Waals surface area contributed by atoms with Crippen LogP contribution in [0.5, 0.6) is 11.5 Å². The molecule has 0 atom stereocenters. The Hall–Kier alpha value is -3.85. The Bertz CT molecular complexity index is 1160. The quantitative estimate of drug-likeness (QED) is 0.374. The SMILES string of the molecule is CCOC(=O)COc1c(Cl)cc(/C=C2\C(=O)NC(=O)N(c3ccccc3C)C2=O)cc1OC. The van der Waals surface area contributed by atoms with Gasteiger partial charge in [0.15, 0.2) is 18.1 Å². The van der Waals surface area contributed by atoms with Gasteiger partial charge in [0.25, 0.3) is 11.8 Å². The number of esters is 1. The van der Waals surface area contributed by atoms with Crippen LogP contribution in [0.2, 0.25) is 5.02 Å². The minimum absolute atomic E-state index is 0.0843. The van der Waals surface area contributed by atoms with E-state index in [0.717, 1.165) is 4.90 Å². The van der Waals surface area contributed by atoms with Crippen LogP contribution in [0, 0.1) is 6.92 Å². The second-order valence-electron chi connectivity index (χ2n) is 6.87. The molecular weight excluding hydrogens is 452 g/mol. The first-order valence-electron chi connectivity index (χ1n) is 9.89. The van der Waals surface area contributed by atoms with Crippen molar-refractivity contribution in [2.45, 2.75) is 13.8 Å². The van der Waals surface area contributed by atoms with E-state index in [0.29, 0.717) is 16.8 Å². The van der Waals surface area contributed by atoms with E-state index in [1.54, 1.807) is 38.1 Å². The highest BCUT2D eigenvalue weighted by Crippen LogP contribution is 2.37. The zero-order chi connectivity index (χ0) is 24.1. The molecule has 0 radical (unpaired) electrons. The van der Waals surface area contributed by atoms with Crippen LogP contribution in [-0.4, -0.2) is 44.1 Å². The highest BCUT2D eigenvalue weighted by atomic mass is 35.5. The molecule has 0 saturated carbocycles. The fourth-order valence-corrected chi connectivity index (χ4v) is 3.43. The summed E-state index contributed by atoms with van der Waals surface area (Å²) in [7, 11) is 1.37. The highest BCUT2D eigenvalue weighted by molar-refractivity contribution is 6.39. The van der Waals surface area contributed by atoms with E-state index in [1.165, 1.54) is 25.3 Å².